The van der Waals surface area contributed by atoms with E-state index in [1.54, 1.807) is 31.5 Å². The highest BCUT2D eigenvalue weighted by molar-refractivity contribution is 7.11. The smallest absolute Gasteiger partial charge is 0.338 e. The lowest BCUT2D eigenvalue weighted by molar-refractivity contribution is -0.145. The molecule has 1 aromatic carbocycles. The molecule has 1 amide bonds. The maximum absolute atomic E-state index is 15.9. The summed E-state index contributed by atoms with van der Waals surface area (Å²) in [7, 11) is 0. The normalized spacial score (nSPS) is 28.1. The number of amidine groups is 1. The van der Waals surface area contributed by atoms with Crippen molar-refractivity contribution in [2.45, 2.75) is 76.0 Å². The first-order chi connectivity index (χ1) is 21.5. The zero-order valence-electron chi connectivity index (χ0n) is 24.8. The fourth-order valence-corrected chi connectivity index (χ4v) is 7.79. The molecule has 3 atom stereocenters. The van der Waals surface area contributed by atoms with Crippen molar-refractivity contribution in [3.8, 4) is 0 Å². The number of hydrogen-bond acceptors (Lipinski definition) is 9. The summed E-state index contributed by atoms with van der Waals surface area (Å²) in [6, 6.07) is 0.832. The maximum Gasteiger partial charge on any atom is 0.338 e. The first-order valence-corrected chi connectivity index (χ1v) is 15.9. The van der Waals surface area contributed by atoms with Gasteiger partial charge >= 0.3 is 11.9 Å². The van der Waals surface area contributed by atoms with Crippen LogP contribution in [0.15, 0.2) is 46.0 Å². The molecule has 3 fully saturated rings. The zero-order valence-corrected chi connectivity index (χ0v) is 25.7. The predicted octanol–water partition coefficient (Wildman–Crippen LogP) is 4.06. The quantitative estimate of drug-likeness (QED) is 0.412. The second-order valence-electron chi connectivity index (χ2n) is 11.9. The summed E-state index contributed by atoms with van der Waals surface area (Å²) in [6.45, 7) is 2.49. The Hall–Kier alpha value is -3.78. The highest BCUT2D eigenvalue weighted by Crippen LogP contribution is 2.46. The third kappa shape index (κ3) is 5.73. The first kappa shape index (κ1) is 31.2. The van der Waals surface area contributed by atoms with E-state index in [0.717, 1.165) is 0 Å². The molecule has 0 bridgehead atoms. The molecule has 1 aromatic heterocycles. The van der Waals surface area contributed by atoms with Gasteiger partial charge in [-0.2, -0.15) is 0 Å². The number of esters is 1. The van der Waals surface area contributed by atoms with Gasteiger partial charge in [0.2, 0.25) is 5.91 Å². The van der Waals surface area contributed by atoms with Crippen LogP contribution in [0.2, 0.25) is 0 Å². The number of nitrogens with one attached hydrogen (secondary N) is 1. The second kappa shape index (κ2) is 12.2. The van der Waals surface area contributed by atoms with Crippen molar-refractivity contribution >= 4 is 35.0 Å². The van der Waals surface area contributed by atoms with Crippen LogP contribution in [-0.4, -0.2) is 87.3 Å². The number of likely N-dealkylation sites (tertiary alicyclic amines) is 2. The van der Waals surface area contributed by atoms with Crippen LogP contribution in [0.25, 0.3) is 0 Å². The van der Waals surface area contributed by atoms with Gasteiger partial charge in [0.05, 0.1) is 24.6 Å². The van der Waals surface area contributed by atoms with Crippen molar-refractivity contribution in [1.29, 1.82) is 0 Å². The summed E-state index contributed by atoms with van der Waals surface area (Å²) in [5.74, 6) is -5.96. The van der Waals surface area contributed by atoms with Gasteiger partial charge in [0.15, 0.2) is 10.8 Å². The standard InChI is InChI=1S/C31H34F3N5O5S/c1-3-44-30(43)24-21(36-27(28-35-11-12-45-28)37-25(24)19-5-4-6-20(32)16(19)2)14-38-15-31(33,34)26-22(38)13-23(40)39(26)18-9-7-17(8-10-18)29(41)42/h4-6,11-12,17-18,22,25-26H,3,7-10,13-15H2,1-2H3,(H,36,37)(H,41,42)/t17?,18?,22-,25-,26+/m0/s1. The van der Waals surface area contributed by atoms with Crippen molar-refractivity contribution in [3.63, 3.8) is 0 Å². The highest BCUT2D eigenvalue weighted by Gasteiger charge is 2.63. The van der Waals surface area contributed by atoms with E-state index in [9.17, 15) is 23.9 Å². The summed E-state index contributed by atoms with van der Waals surface area (Å²) in [5, 5.41) is 14.8. The van der Waals surface area contributed by atoms with Crippen molar-refractivity contribution in [2.24, 2.45) is 10.9 Å². The number of aliphatic carboxylic acids is 1. The second-order valence-corrected chi connectivity index (χ2v) is 12.8. The van der Waals surface area contributed by atoms with Gasteiger partial charge in [-0.1, -0.05) is 12.1 Å². The van der Waals surface area contributed by atoms with Gasteiger partial charge in [0, 0.05) is 42.3 Å². The summed E-state index contributed by atoms with van der Waals surface area (Å²) >= 11 is 1.29. The lowest BCUT2D eigenvalue weighted by Crippen LogP contribution is -2.52. The SMILES string of the molecule is CCOC(=O)C1=C(CN2CC(F)(F)[C@H]3[C@@H]2CC(=O)N3C2CCC(C(=O)O)CC2)NC(c2nccs2)=N[C@H]1c1cccc(F)c1C. The third-order valence-electron chi connectivity index (χ3n) is 9.31. The van der Waals surface area contributed by atoms with Crippen LogP contribution in [0.5, 0.6) is 0 Å². The highest BCUT2D eigenvalue weighted by atomic mass is 32.1. The summed E-state index contributed by atoms with van der Waals surface area (Å²) in [5.41, 5.74) is 1.06. The number of aromatic nitrogens is 1. The molecule has 10 nitrogen and oxygen atoms in total. The van der Waals surface area contributed by atoms with Gasteiger partial charge in [-0.25, -0.2) is 22.9 Å². The fraction of sp³-hybridized carbons (Fsp3) is 0.516. The topological polar surface area (TPSA) is 124 Å². The number of carbonyl (C=O) groups is 3. The van der Waals surface area contributed by atoms with E-state index in [4.69, 9.17) is 9.73 Å². The molecule has 0 unspecified atom stereocenters. The number of halogens is 3. The van der Waals surface area contributed by atoms with E-state index in [2.05, 4.69) is 10.3 Å². The molecule has 3 aliphatic heterocycles. The van der Waals surface area contributed by atoms with Crippen molar-refractivity contribution in [3.05, 3.63) is 63.0 Å². The van der Waals surface area contributed by atoms with Gasteiger partial charge < -0.3 is 20.1 Å². The lowest BCUT2D eigenvalue weighted by Gasteiger charge is -2.38. The van der Waals surface area contributed by atoms with E-state index in [0.29, 0.717) is 42.1 Å². The number of thiazole rings is 1. The van der Waals surface area contributed by atoms with Crippen molar-refractivity contribution in [1.82, 2.24) is 20.1 Å². The number of nitrogens with zero attached hydrogens (tertiary/aromatic N) is 4. The van der Waals surface area contributed by atoms with E-state index >= 15 is 8.78 Å². The Balaban J connectivity index is 1.36. The van der Waals surface area contributed by atoms with Gasteiger partial charge in [-0.05, 0) is 56.7 Å². The molecule has 14 heteroatoms. The van der Waals surface area contributed by atoms with Crippen LogP contribution in [-0.2, 0) is 19.1 Å². The number of rotatable bonds is 8. The first-order valence-electron chi connectivity index (χ1n) is 15.1. The Kier molecular flexibility index (Phi) is 8.46. The molecule has 1 saturated carbocycles. The Morgan fingerprint density at radius 1 is 1.22 bits per heavy atom. The van der Waals surface area contributed by atoms with Crippen LogP contribution in [0, 0.1) is 18.7 Å². The Morgan fingerprint density at radius 2 is 1.98 bits per heavy atom. The lowest BCUT2D eigenvalue weighted by atomic mass is 9.85. The molecule has 1 aliphatic carbocycles. The number of carboxylic acids is 1. The molecule has 4 aliphatic rings. The molecule has 240 valence electrons. The number of fused-ring (bicyclic) bond motifs is 1. The van der Waals surface area contributed by atoms with Crippen LogP contribution in [0.3, 0.4) is 0 Å². The Morgan fingerprint density at radius 3 is 2.64 bits per heavy atom. The monoisotopic (exact) mass is 645 g/mol. The largest absolute Gasteiger partial charge is 0.481 e. The number of amides is 1. The Bertz CT molecular complexity index is 1560. The molecule has 4 heterocycles. The molecule has 6 rings (SSSR count). The average Bonchev–Trinajstić information content (AvgIpc) is 3.71. The molecule has 0 spiro atoms. The molecule has 2 aromatic rings. The van der Waals surface area contributed by atoms with Crippen molar-refractivity contribution < 1.29 is 37.4 Å². The minimum atomic E-state index is -3.25. The molecule has 0 radical (unpaired) electrons. The number of alkyl halides is 2. The maximum atomic E-state index is 15.9. The van der Waals surface area contributed by atoms with Crippen molar-refractivity contribution in [2.75, 3.05) is 19.7 Å². The number of hydrogen-bond donors (Lipinski definition) is 2. The summed E-state index contributed by atoms with van der Waals surface area (Å²) in [4.78, 5) is 50.2. The number of carboxylic acid groups (broad SMARTS) is 1. The van der Waals surface area contributed by atoms with Crippen LogP contribution in [0.1, 0.15) is 61.2 Å². The van der Waals surface area contributed by atoms with Crippen LogP contribution >= 0.6 is 11.3 Å². The Labute approximate surface area is 262 Å². The summed E-state index contributed by atoms with van der Waals surface area (Å²) < 4.78 is 51.9. The van der Waals surface area contributed by atoms with Gasteiger partial charge in [-0.3, -0.25) is 19.5 Å². The van der Waals surface area contributed by atoms with Gasteiger partial charge in [-0.15, -0.1) is 11.3 Å². The van der Waals surface area contributed by atoms with Crippen LogP contribution in [0.4, 0.5) is 13.2 Å². The van der Waals surface area contributed by atoms with E-state index in [-0.39, 0.29) is 42.3 Å². The molecule has 2 saturated heterocycles. The predicted molar refractivity (Wildman–Crippen MR) is 158 cm³/mol. The van der Waals surface area contributed by atoms with Crippen LogP contribution < -0.4 is 5.32 Å². The number of ether oxygens (including phenoxy) is 1. The molecule has 2 N–H and O–H groups in total. The van der Waals surface area contributed by atoms with E-state index in [1.807, 2.05) is 0 Å². The summed E-state index contributed by atoms with van der Waals surface area (Å²) in [6.07, 6.45) is 2.83. The van der Waals surface area contributed by atoms with E-state index in [1.165, 1.54) is 33.3 Å². The average molecular weight is 646 g/mol. The third-order valence-corrected chi connectivity index (χ3v) is 10.1. The fourth-order valence-electron chi connectivity index (χ4n) is 7.20. The zero-order chi connectivity index (χ0) is 32.0. The van der Waals surface area contributed by atoms with Gasteiger partial charge in [0.25, 0.3) is 5.92 Å². The minimum absolute atomic E-state index is 0.0492. The number of aliphatic imine (C=N–C) groups is 1. The van der Waals surface area contributed by atoms with Gasteiger partial charge in [0.1, 0.15) is 17.9 Å². The number of carbonyl (C=O) groups excluding carboxylic acids is 2. The molecule has 45 heavy (non-hydrogen) atoms. The molecular formula is C31H34F3N5O5S. The minimum Gasteiger partial charge on any atom is -0.481 e. The molecular weight excluding hydrogens is 611 g/mol. The van der Waals surface area contributed by atoms with E-state index < -0.39 is 60.3 Å². The number of benzene rings is 1.